The van der Waals surface area contributed by atoms with E-state index in [2.05, 4.69) is 5.32 Å². The normalized spacial score (nSPS) is 12.6. The van der Waals surface area contributed by atoms with Crippen LogP contribution in [0.1, 0.15) is 31.9 Å². The minimum absolute atomic E-state index is 0.0417. The van der Waals surface area contributed by atoms with Gasteiger partial charge in [0, 0.05) is 12.6 Å². The minimum Gasteiger partial charge on any atom is -0.352 e. The third-order valence-electron chi connectivity index (χ3n) is 5.95. The predicted molar refractivity (Wildman–Crippen MR) is 147 cm³/mol. The molecule has 0 radical (unpaired) electrons. The number of halogens is 4. The van der Waals surface area contributed by atoms with Crippen LogP contribution in [0.4, 0.5) is 18.9 Å². The maximum Gasteiger partial charge on any atom is 0.417 e. The number of carbonyl (C=O) groups excluding carboxylic acids is 2. The Labute approximate surface area is 236 Å². The smallest absolute Gasteiger partial charge is 0.352 e. The highest BCUT2D eigenvalue weighted by Gasteiger charge is 2.37. The number of amides is 2. The number of carbonyl (C=O) groups is 2. The zero-order chi connectivity index (χ0) is 29.7. The van der Waals surface area contributed by atoms with Gasteiger partial charge < -0.3 is 10.2 Å². The fraction of sp³-hybridized carbons (Fsp3) is 0.286. The van der Waals surface area contributed by atoms with E-state index < -0.39 is 56.9 Å². The van der Waals surface area contributed by atoms with Gasteiger partial charge in [0.2, 0.25) is 11.8 Å². The van der Waals surface area contributed by atoms with Crippen LogP contribution in [0.5, 0.6) is 0 Å². The molecule has 0 saturated heterocycles. The lowest BCUT2D eigenvalue weighted by Crippen LogP contribution is -2.52. The van der Waals surface area contributed by atoms with Gasteiger partial charge in [-0.2, -0.15) is 13.2 Å². The number of anilines is 1. The van der Waals surface area contributed by atoms with Crippen LogP contribution in [0.3, 0.4) is 0 Å². The molecule has 2 amide bonds. The molecule has 3 rings (SSSR count). The lowest BCUT2D eigenvalue weighted by atomic mass is 10.1. The Kier molecular flexibility index (Phi) is 9.86. The molecule has 12 heteroatoms. The number of rotatable bonds is 10. The molecule has 40 heavy (non-hydrogen) atoms. The van der Waals surface area contributed by atoms with E-state index in [4.69, 9.17) is 11.6 Å². The first-order valence-electron chi connectivity index (χ1n) is 12.3. The van der Waals surface area contributed by atoms with Crippen molar-refractivity contribution in [1.82, 2.24) is 10.2 Å². The number of benzene rings is 3. The van der Waals surface area contributed by atoms with Crippen molar-refractivity contribution in [3.05, 3.63) is 95.0 Å². The summed E-state index contributed by atoms with van der Waals surface area (Å²) in [5.41, 5.74) is -0.991. The first kappa shape index (κ1) is 31.0. The molecule has 0 aliphatic rings. The molecular weight excluding hydrogens is 567 g/mol. The van der Waals surface area contributed by atoms with Crippen molar-refractivity contribution in [3.8, 4) is 0 Å². The van der Waals surface area contributed by atoms with E-state index in [1.54, 1.807) is 50.2 Å². The van der Waals surface area contributed by atoms with Crippen molar-refractivity contribution in [1.29, 1.82) is 0 Å². The minimum atomic E-state index is -4.87. The van der Waals surface area contributed by atoms with Crippen LogP contribution in [-0.2, 0) is 32.3 Å². The zero-order valence-corrected chi connectivity index (χ0v) is 23.6. The Morgan fingerprint density at radius 2 is 1.50 bits per heavy atom. The molecule has 0 aliphatic heterocycles. The largest absolute Gasteiger partial charge is 0.417 e. The zero-order valence-electron chi connectivity index (χ0n) is 22.0. The Morgan fingerprint density at radius 1 is 0.925 bits per heavy atom. The number of nitrogens with zero attached hydrogens (tertiary/aromatic N) is 2. The molecule has 0 heterocycles. The van der Waals surface area contributed by atoms with E-state index in [1.807, 2.05) is 0 Å². The quantitative estimate of drug-likeness (QED) is 0.336. The Morgan fingerprint density at radius 3 is 2.05 bits per heavy atom. The van der Waals surface area contributed by atoms with Crippen molar-refractivity contribution in [2.75, 3.05) is 10.8 Å². The van der Waals surface area contributed by atoms with Crippen LogP contribution >= 0.6 is 11.6 Å². The van der Waals surface area contributed by atoms with Gasteiger partial charge in [0.25, 0.3) is 10.0 Å². The van der Waals surface area contributed by atoms with Gasteiger partial charge in [-0.25, -0.2) is 8.42 Å². The summed E-state index contributed by atoms with van der Waals surface area (Å²) >= 11 is 5.77. The molecule has 1 atom stereocenters. The number of hydrogen-bond donors (Lipinski definition) is 1. The topological polar surface area (TPSA) is 86.8 Å². The molecule has 214 valence electrons. The van der Waals surface area contributed by atoms with E-state index in [0.717, 1.165) is 12.1 Å². The Balaban J connectivity index is 2.10. The maximum absolute atomic E-state index is 13.8. The molecule has 3 aromatic carbocycles. The molecule has 0 aliphatic carbocycles. The van der Waals surface area contributed by atoms with E-state index in [9.17, 15) is 31.2 Å². The summed E-state index contributed by atoms with van der Waals surface area (Å²) in [5, 5.41) is 2.11. The van der Waals surface area contributed by atoms with E-state index in [-0.39, 0.29) is 17.5 Å². The summed E-state index contributed by atoms with van der Waals surface area (Å²) in [6, 6.07) is 17.1. The maximum atomic E-state index is 13.8. The van der Waals surface area contributed by atoms with Gasteiger partial charge >= 0.3 is 6.18 Å². The highest BCUT2D eigenvalue weighted by atomic mass is 35.5. The fourth-order valence-electron chi connectivity index (χ4n) is 3.90. The molecular formula is C28H29ClF3N3O4S. The summed E-state index contributed by atoms with van der Waals surface area (Å²) in [6.07, 6.45) is -4.87. The summed E-state index contributed by atoms with van der Waals surface area (Å²) in [5.74, 6) is -1.26. The highest BCUT2D eigenvalue weighted by Crippen LogP contribution is 2.38. The monoisotopic (exact) mass is 595 g/mol. The lowest BCUT2D eigenvalue weighted by molar-refractivity contribution is -0.139. The SMILES string of the molecule is CC(C)NC(=O)[C@@H](C)N(Cc1ccccc1)C(=O)CN(c1ccc(Cl)c(C(F)(F)F)c1)S(=O)(=O)c1ccccc1. The molecule has 0 aromatic heterocycles. The van der Waals surface area contributed by atoms with Gasteiger partial charge in [0.1, 0.15) is 12.6 Å². The second-order valence-electron chi connectivity index (χ2n) is 9.33. The van der Waals surface area contributed by atoms with Crippen LogP contribution in [0, 0.1) is 0 Å². The summed E-state index contributed by atoms with van der Waals surface area (Å²) < 4.78 is 69.0. The average Bonchev–Trinajstić information content (AvgIpc) is 2.90. The van der Waals surface area contributed by atoms with Crippen molar-refractivity contribution in [2.45, 2.75) is 50.5 Å². The van der Waals surface area contributed by atoms with Crippen LogP contribution in [-0.4, -0.2) is 43.8 Å². The van der Waals surface area contributed by atoms with Gasteiger partial charge in [0.05, 0.1) is 21.2 Å². The molecule has 0 saturated carbocycles. The first-order valence-corrected chi connectivity index (χ1v) is 14.1. The van der Waals surface area contributed by atoms with Crippen molar-refractivity contribution < 1.29 is 31.2 Å². The van der Waals surface area contributed by atoms with Crippen molar-refractivity contribution >= 4 is 39.1 Å². The van der Waals surface area contributed by atoms with E-state index in [0.29, 0.717) is 15.9 Å². The van der Waals surface area contributed by atoms with Gasteiger partial charge in [-0.05, 0) is 56.7 Å². The molecule has 1 N–H and O–H groups in total. The van der Waals surface area contributed by atoms with Crippen LogP contribution in [0.15, 0.2) is 83.8 Å². The third kappa shape index (κ3) is 7.54. The van der Waals surface area contributed by atoms with Gasteiger partial charge in [-0.15, -0.1) is 0 Å². The molecule has 0 spiro atoms. The average molecular weight is 596 g/mol. The predicted octanol–water partition coefficient (Wildman–Crippen LogP) is 5.50. The standard InChI is InChI=1S/C28H29ClF3N3O4S/c1-19(2)33-27(37)20(3)34(17-21-10-6-4-7-11-21)26(36)18-35(40(38,39)23-12-8-5-9-13-23)22-14-15-25(29)24(16-22)28(30,31)32/h4-16,19-20H,17-18H2,1-3H3,(H,33,37)/t20-/m1/s1. The van der Waals surface area contributed by atoms with E-state index in [1.165, 1.54) is 36.1 Å². The van der Waals surface area contributed by atoms with Gasteiger partial charge in [-0.3, -0.25) is 13.9 Å². The fourth-order valence-corrected chi connectivity index (χ4v) is 5.55. The van der Waals surface area contributed by atoms with Gasteiger partial charge in [-0.1, -0.05) is 60.1 Å². The summed E-state index contributed by atoms with van der Waals surface area (Å²) in [4.78, 5) is 27.6. The lowest BCUT2D eigenvalue weighted by Gasteiger charge is -2.32. The Hall–Kier alpha value is -3.57. The number of sulfonamides is 1. The number of nitrogens with one attached hydrogen (secondary N) is 1. The van der Waals surface area contributed by atoms with Crippen molar-refractivity contribution in [2.24, 2.45) is 0 Å². The second kappa shape index (κ2) is 12.7. The molecule has 0 unspecified atom stereocenters. The summed E-state index contributed by atoms with van der Waals surface area (Å²) in [7, 11) is -4.52. The number of hydrogen-bond acceptors (Lipinski definition) is 4. The van der Waals surface area contributed by atoms with Crippen molar-refractivity contribution in [3.63, 3.8) is 0 Å². The second-order valence-corrected chi connectivity index (χ2v) is 11.6. The number of alkyl halides is 3. The molecule has 7 nitrogen and oxygen atoms in total. The van der Waals surface area contributed by atoms with Gasteiger partial charge in [0.15, 0.2) is 0 Å². The van der Waals surface area contributed by atoms with Crippen LogP contribution in [0.25, 0.3) is 0 Å². The molecule has 0 fully saturated rings. The Bertz CT molecular complexity index is 1440. The highest BCUT2D eigenvalue weighted by molar-refractivity contribution is 7.92. The third-order valence-corrected chi connectivity index (χ3v) is 8.07. The van der Waals surface area contributed by atoms with Crippen LogP contribution in [0.2, 0.25) is 5.02 Å². The van der Waals surface area contributed by atoms with Crippen LogP contribution < -0.4 is 9.62 Å². The first-order chi connectivity index (χ1) is 18.7. The van der Waals surface area contributed by atoms with E-state index >= 15 is 0 Å². The summed E-state index contributed by atoms with van der Waals surface area (Å²) in [6.45, 7) is 4.09. The molecule has 0 bridgehead atoms. The molecule has 3 aromatic rings.